The summed E-state index contributed by atoms with van der Waals surface area (Å²) < 4.78 is 19.4. The Hall–Kier alpha value is -2.21. The molecule has 0 saturated heterocycles. The number of carbonyl (C=O) groups is 1. The van der Waals surface area contributed by atoms with E-state index in [4.69, 9.17) is 4.74 Å². The summed E-state index contributed by atoms with van der Waals surface area (Å²) in [7, 11) is 0. The number of rotatable bonds is 5. The Morgan fingerprint density at radius 2 is 1.92 bits per heavy atom. The Balaban J connectivity index is 1.93. The minimum absolute atomic E-state index is 0.115. The number of halogens is 2. The van der Waals surface area contributed by atoms with Crippen LogP contribution in [0.3, 0.4) is 0 Å². The van der Waals surface area contributed by atoms with E-state index in [9.17, 15) is 9.18 Å². The standard InChI is InChI=1S/C19H20BrFN2O2/c1-19(2,3)16-10-14(20)6-9-17(16)25-12-18(24)23-22-11-13-4-7-15(21)8-5-13/h4-11H,12H2,1-3H3,(H,23,24)/b22-11+. The van der Waals surface area contributed by atoms with E-state index in [1.807, 2.05) is 18.2 Å². The largest absolute Gasteiger partial charge is 0.483 e. The molecule has 0 aliphatic heterocycles. The first-order valence-electron chi connectivity index (χ1n) is 7.76. The van der Waals surface area contributed by atoms with Crippen LogP contribution in [0.15, 0.2) is 52.0 Å². The van der Waals surface area contributed by atoms with Gasteiger partial charge >= 0.3 is 0 Å². The highest BCUT2D eigenvalue weighted by molar-refractivity contribution is 9.10. The SMILES string of the molecule is CC(C)(C)c1cc(Br)ccc1OCC(=O)N/N=C/c1ccc(F)cc1. The van der Waals surface area contributed by atoms with E-state index in [0.29, 0.717) is 11.3 Å². The first-order chi connectivity index (χ1) is 11.8. The fraction of sp³-hybridized carbons (Fsp3) is 0.263. The Morgan fingerprint density at radius 3 is 2.56 bits per heavy atom. The highest BCUT2D eigenvalue weighted by atomic mass is 79.9. The molecule has 0 radical (unpaired) electrons. The molecule has 6 heteroatoms. The molecule has 1 N–H and O–H groups in total. The quantitative estimate of drug-likeness (QED) is 0.590. The average molecular weight is 407 g/mol. The Morgan fingerprint density at radius 1 is 1.24 bits per heavy atom. The summed E-state index contributed by atoms with van der Waals surface area (Å²) in [6.45, 7) is 6.09. The summed E-state index contributed by atoms with van der Waals surface area (Å²) in [5.41, 5.74) is 3.96. The van der Waals surface area contributed by atoms with Gasteiger partial charge < -0.3 is 4.74 Å². The van der Waals surface area contributed by atoms with Crippen LogP contribution in [0.5, 0.6) is 5.75 Å². The maximum atomic E-state index is 12.8. The lowest BCUT2D eigenvalue weighted by Gasteiger charge is -2.23. The van der Waals surface area contributed by atoms with Gasteiger partial charge in [-0.25, -0.2) is 9.82 Å². The minimum Gasteiger partial charge on any atom is -0.483 e. The second kappa shape index (κ2) is 8.25. The molecule has 2 aromatic rings. The van der Waals surface area contributed by atoms with E-state index in [0.717, 1.165) is 10.0 Å². The highest BCUT2D eigenvalue weighted by Crippen LogP contribution is 2.33. The van der Waals surface area contributed by atoms with Gasteiger partial charge in [-0.2, -0.15) is 5.10 Å². The first-order valence-corrected chi connectivity index (χ1v) is 8.55. The van der Waals surface area contributed by atoms with Crippen molar-refractivity contribution in [1.29, 1.82) is 0 Å². The molecule has 132 valence electrons. The van der Waals surface area contributed by atoms with Crippen molar-refractivity contribution in [2.45, 2.75) is 26.2 Å². The lowest BCUT2D eigenvalue weighted by molar-refractivity contribution is -0.123. The van der Waals surface area contributed by atoms with Gasteiger partial charge in [0.1, 0.15) is 11.6 Å². The van der Waals surface area contributed by atoms with Crippen LogP contribution < -0.4 is 10.2 Å². The maximum absolute atomic E-state index is 12.8. The lowest BCUT2D eigenvalue weighted by Crippen LogP contribution is -2.25. The summed E-state index contributed by atoms with van der Waals surface area (Å²) in [6, 6.07) is 11.5. The van der Waals surface area contributed by atoms with Crippen LogP contribution in [0, 0.1) is 5.82 Å². The van der Waals surface area contributed by atoms with E-state index in [1.54, 1.807) is 12.1 Å². The topological polar surface area (TPSA) is 50.7 Å². The minimum atomic E-state index is -0.374. The molecular formula is C19H20BrFN2O2. The van der Waals surface area contributed by atoms with Gasteiger partial charge in [-0.3, -0.25) is 4.79 Å². The molecule has 0 heterocycles. The van der Waals surface area contributed by atoms with Gasteiger partial charge in [0, 0.05) is 10.0 Å². The fourth-order valence-corrected chi connectivity index (χ4v) is 2.48. The van der Waals surface area contributed by atoms with Gasteiger partial charge in [0.05, 0.1) is 6.21 Å². The molecule has 0 aliphatic carbocycles. The summed E-state index contributed by atoms with van der Waals surface area (Å²) in [5.74, 6) is -0.0340. The zero-order valence-electron chi connectivity index (χ0n) is 14.3. The predicted molar refractivity (Wildman–Crippen MR) is 100 cm³/mol. The number of carbonyl (C=O) groups excluding carboxylic acids is 1. The second-order valence-corrected chi connectivity index (χ2v) is 7.44. The van der Waals surface area contributed by atoms with Crippen molar-refractivity contribution in [3.05, 3.63) is 63.9 Å². The fourth-order valence-electron chi connectivity index (χ4n) is 2.12. The first kappa shape index (κ1) is 19.1. The highest BCUT2D eigenvalue weighted by Gasteiger charge is 2.19. The summed E-state index contributed by atoms with van der Waals surface area (Å²) in [5, 5.41) is 3.83. The summed E-state index contributed by atoms with van der Waals surface area (Å²) in [6.07, 6.45) is 1.44. The van der Waals surface area contributed by atoms with Crippen LogP contribution in [0.1, 0.15) is 31.9 Å². The molecule has 0 aromatic heterocycles. The molecule has 0 aliphatic rings. The maximum Gasteiger partial charge on any atom is 0.277 e. The molecule has 1 amide bonds. The van der Waals surface area contributed by atoms with Gasteiger partial charge in [-0.15, -0.1) is 0 Å². The van der Waals surface area contributed by atoms with E-state index in [-0.39, 0.29) is 23.7 Å². The van der Waals surface area contributed by atoms with Crippen molar-refractivity contribution < 1.29 is 13.9 Å². The van der Waals surface area contributed by atoms with Crippen molar-refractivity contribution in [2.75, 3.05) is 6.61 Å². The third kappa shape index (κ3) is 5.98. The van der Waals surface area contributed by atoms with Crippen molar-refractivity contribution in [1.82, 2.24) is 5.43 Å². The normalized spacial score (nSPS) is 11.6. The van der Waals surface area contributed by atoms with Crippen LogP contribution in [0.4, 0.5) is 4.39 Å². The monoisotopic (exact) mass is 406 g/mol. The number of hydrazone groups is 1. The van der Waals surface area contributed by atoms with Crippen molar-refractivity contribution in [3.63, 3.8) is 0 Å². The number of nitrogens with one attached hydrogen (secondary N) is 1. The molecular weight excluding hydrogens is 387 g/mol. The number of hydrogen-bond donors (Lipinski definition) is 1. The molecule has 4 nitrogen and oxygen atoms in total. The molecule has 25 heavy (non-hydrogen) atoms. The summed E-state index contributed by atoms with van der Waals surface area (Å²) in [4.78, 5) is 11.9. The van der Waals surface area contributed by atoms with Crippen molar-refractivity contribution >= 4 is 28.1 Å². The Bertz CT molecular complexity index is 768. The van der Waals surface area contributed by atoms with Crippen LogP contribution in [0.2, 0.25) is 0 Å². The van der Waals surface area contributed by atoms with Crippen molar-refractivity contribution in [2.24, 2.45) is 5.10 Å². The third-order valence-corrected chi connectivity index (χ3v) is 3.87. The number of hydrogen-bond acceptors (Lipinski definition) is 3. The van der Waals surface area contributed by atoms with E-state index in [2.05, 4.69) is 47.2 Å². The summed E-state index contributed by atoms with van der Waals surface area (Å²) >= 11 is 3.45. The van der Waals surface area contributed by atoms with Gasteiger partial charge in [0.25, 0.3) is 5.91 Å². The Kier molecular flexibility index (Phi) is 6.31. The second-order valence-electron chi connectivity index (χ2n) is 6.52. The zero-order valence-corrected chi connectivity index (χ0v) is 15.9. The van der Waals surface area contributed by atoms with Crippen molar-refractivity contribution in [3.8, 4) is 5.75 Å². The molecule has 0 unspecified atom stereocenters. The molecule has 0 atom stereocenters. The van der Waals surface area contributed by atoms with Crippen LogP contribution in [-0.4, -0.2) is 18.7 Å². The molecule has 0 saturated carbocycles. The van der Waals surface area contributed by atoms with E-state index < -0.39 is 0 Å². The smallest absolute Gasteiger partial charge is 0.277 e. The van der Waals surface area contributed by atoms with Crippen LogP contribution in [0.25, 0.3) is 0 Å². The number of amides is 1. The van der Waals surface area contributed by atoms with Gasteiger partial charge in [-0.1, -0.05) is 48.8 Å². The lowest BCUT2D eigenvalue weighted by atomic mass is 9.86. The van der Waals surface area contributed by atoms with E-state index >= 15 is 0 Å². The number of benzene rings is 2. The third-order valence-electron chi connectivity index (χ3n) is 3.38. The number of nitrogens with zero attached hydrogens (tertiary/aromatic N) is 1. The predicted octanol–water partition coefficient (Wildman–Crippen LogP) is 4.41. The van der Waals surface area contributed by atoms with Crippen LogP contribution in [-0.2, 0) is 10.2 Å². The molecule has 2 rings (SSSR count). The molecule has 0 fully saturated rings. The van der Waals surface area contributed by atoms with Gasteiger partial charge in [0.15, 0.2) is 6.61 Å². The van der Waals surface area contributed by atoms with Gasteiger partial charge in [-0.05, 0) is 41.3 Å². The zero-order chi connectivity index (χ0) is 18.4. The van der Waals surface area contributed by atoms with Crippen LogP contribution >= 0.6 is 15.9 Å². The molecule has 2 aromatic carbocycles. The number of ether oxygens (including phenoxy) is 1. The van der Waals surface area contributed by atoms with Gasteiger partial charge in [0.2, 0.25) is 0 Å². The molecule has 0 spiro atoms. The Labute approximate surface area is 155 Å². The molecule has 0 bridgehead atoms. The van der Waals surface area contributed by atoms with E-state index in [1.165, 1.54) is 18.3 Å². The average Bonchev–Trinajstić information content (AvgIpc) is 2.54.